The lowest BCUT2D eigenvalue weighted by molar-refractivity contribution is -0.124. The summed E-state index contributed by atoms with van der Waals surface area (Å²) in [7, 11) is -2.14. The molecule has 8 nitrogen and oxygen atoms in total. The van der Waals surface area contributed by atoms with Gasteiger partial charge in [0.2, 0.25) is 21.8 Å². The molecule has 2 aliphatic heterocycles. The minimum absolute atomic E-state index is 0.124. The van der Waals surface area contributed by atoms with Gasteiger partial charge in [-0.1, -0.05) is 13.8 Å². The summed E-state index contributed by atoms with van der Waals surface area (Å²) in [6, 6.07) is 4.62. The minimum Gasteiger partial charge on any atom is -0.358 e. The smallest absolute Gasteiger partial charge is 0.250 e. The number of piperidine rings is 1. The van der Waals surface area contributed by atoms with E-state index in [1.807, 2.05) is 0 Å². The van der Waals surface area contributed by atoms with Gasteiger partial charge in [-0.15, -0.1) is 0 Å². The molecule has 0 aromatic heterocycles. The molecule has 1 aromatic rings. The second kappa shape index (κ2) is 8.08. The van der Waals surface area contributed by atoms with Gasteiger partial charge in [0.25, 0.3) is 0 Å². The van der Waals surface area contributed by atoms with E-state index in [0.717, 1.165) is 31.5 Å². The van der Waals surface area contributed by atoms with Crippen LogP contribution in [0, 0.1) is 0 Å². The van der Waals surface area contributed by atoms with Crippen LogP contribution < -0.4 is 15.1 Å². The fourth-order valence-electron chi connectivity index (χ4n) is 4.00. The first-order valence-electron chi connectivity index (χ1n) is 9.77. The maximum Gasteiger partial charge on any atom is 0.250 e. The zero-order valence-electron chi connectivity index (χ0n) is 16.6. The molecule has 1 fully saturated rings. The van der Waals surface area contributed by atoms with Crippen molar-refractivity contribution in [3.63, 3.8) is 0 Å². The van der Waals surface area contributed by atoms with Crippen molar-refractivity contribution in [1.29, 1.82) is 0 Å². The molecule has 0 aliphatic carbocycles. The number of benzene rings is 1. The number of fused-ring (bicyclic) bond motifs is 3. The lowest BCUT2D eigenvalue weighted by Gasteiger charge is -2.45. The topological polar surface area (TPSA) is 90.0 Å². The normalized spacial score (nSPS) is 19.4. The molecular formula is C19H28N4O4S. The third-order valence-corrected chi connectivity index (χ3v) is 7.57. The standard InChI is InChI=1S/C19H28N4O4S/c1-4-21(5-2)28(26,27)14-9-10-15-17(12-14)23(13-18(24)20-3)19(25)16-8-6-7-11-22(15)16/h9-10,12,16H,4-8,11,13H2,1-3H3,(H,20,24)/t16-/m0/s1. The van der Waals surface area contributed by atoms with Gasteiger partial charge in [0.05, 0.1) is 16.3 Å². The summed E-state index contributed by atoms with van der Waals surface area (Å²) in [5, 5.41) is 2.54. The predicted molar refractivity (Wildman–Crippen MR) is 108 cm³/mol. The number of amides is 2. The van der Waals surface area contributed by atoms with Crippen molar-refractivity contribution in [3.05, 3.63) is 18.2 Å². The van der Waals surface area contributed by atoms with Crippen LogP contribution in [0.2, 0.25) is 0 Å². The Morgan fingerprint density at radius 1 is 1.21 bits per heavy atom. The highest BCUT2D eigenvalue weighted by atomic mass is 32.2. The Hall–Kier alpha value is -2.13. The number of carbonyl (C=O) groups excluding carboxylic acids is 2. The van der Waals surface area contributed by atoms with E-state index in [0.29, 0.717) is 18.8 Å². The molecule has 28 heavy (non-hydrogen) atoms. The first-order valence-corrected chi connectivity index (χ1v) is 11.2. The summed E-state index contributed by atoms with van der Waals surface area (Å²) >= 11 is 0. The van der Waals surface area contributed by atoms with Crippen molar-refractivity contribution < 1.29 is 18.0 Å². The number of hydrogen-bond acceptors (Lipinski definition) is 5. The summed E-state index contributed by atoms with van der Waals surface area (Å²) < 4.78 is 27.3. The van der Waals surface area contributed by atoms with Gasteiger partial charge >= 0.3 is 0 Å². The Balaban J connectivity index is 2.11. The summed E-state index contributed by atoms with van der Waals surface area (Å²) in [5.41, 5.74) is 1.30. The quantitative estimate of drug-likeness (QED) is 0.763. The molecule has 0 bridgehead atoms. The molecule has 2 aliphatic rings. The molecule has 9 heteroatoms. The highest BCUT2D eigenvalue weighted by Crippen LogP contribution is 2.40. The van der Waals surface area contributed by atoms with E-state index in [1.165, 1.54) is 22.3 Å². The molecule has 0 saturated carbocycles. The molecule has 0 spiro atoms. The molecule has 1 aromatic carbocycles. The highest BCUT2D eigenvalue weighted by Gasteiger charge is 2.40. The van der Waals surface area contributed by atoms with Crippen LogP contribution in [0.1, 0.15) is 33.1 Å². The minimum atomic E-state index is -3.66. The average Bonchev–Trinajstić information content (AvgIpc) is 2.71. The second-order valence-corrected chi connectivity index (χ2v) is 8.98. The van der Waals surface area contributed by atoms with Crippen molar-refractivity contribution in [2.75, 3.05) is 43.0 Å². The number of nitrogens with zero attached hydrogens (tertiary/aromatic N) is 3. The number of carbonyl (C=O) groups is 2. The van der Waals surface area contributed by atoms with Crippen LogP contribution in [0.3, 0.4) is 0 Å². The van der Waals surface area contributed by atoms with Gasteiger partial charge in [-0.05, 0) is 37.5 Å². The fraction of sp³-hybridized carbons (Fsp3) is 0.579. The van der Waals surface area contributed by atoms with E-state index in [2.05, 4.69) is 10.2 Å². The van der Waals surface area contributed by atoms with Crippen LogP contribution in [0.5, 0.6) is 0 Å². The predicted octanol–water partition coefficient (Wildman–Crippen LogP) is 1.17. The van der Waals surface area contributed by atoms with Crippen molar-refractivity contribution in [2.45, 2.75) is 44.0 Å². The Bertz CT molecular complexity index is 867. The molecule has 0 unspecified atom stereocenters. The van der Waals surface area contributed by atoms with E-state index in [-0.39, 0.29) is 29.3 Å². The number of rotatable bonds is 6. The second-order valence-electron chi connectivity index (χ2n) is 7.04. The lowest BCUT2D eigenvalue weighted by Crippen LogP contribution is -2.57. The monoisotopic (exact) mass is 408 g/mol. The maximum atomic E-state index is 13.1. The Morgan fingerprint density at radius 3 is 2.57 bits per heavy atom. The van der Waals surface area contributed by atoms with Gasteiger partial charge in [0.1, 0.15) is 12.6 Å². The molecule has 1 saturated heterocycles. The van der Waals surface area contributed by atoms with Crippen molar-refractivity contribution >= 4 is 33.2 Å². The van der Waals surface area contributed by atoms with Crippen LogP contribution in [0.25, 0.3) is 0 Å². The third kappa shape index (κ3) is 3.48. The van der Waals surface area contributed by atoms with Crippen LogP contribution in [0.15, 0.2) is 23.1 Å². The molecule has 2 heterocycles. The number of hydrogen-bond donors (Lipinski definition) is 1. The maximum absolute atomic E-state index is 13.1. The van der Waals surface area contributed by atoms with E-state index in [9.17, 15) is 18.0 Å². The van der Waals surface area contributed by atoms with Gasteiger partial charge in [-0.25, -0.2) is 8.42 Å². The van der Waals surface area contributed by atoms with Gasteiger partial charge in [-0.2, -0.15) is 4.31 Å². The molecule has 1 N–H and O–H groups in total. The lowest BCUT2D eigenvalue weighted by atomic mass is 9.96. The van der Waals surface area contributed by atoms with Crippen molar-refractivity contribution in [2.24, 2.45) is 0 Å². The molecule has 154 valence electrons. The van der Waals surface area contributed by atoms with E-state index < -0.39 is 10.0 Å². The van der Waals surface area contributed by atoms with Crippen LogP contribution in [0.4, 0.5) is 11.4 Å². The average molecular weight is 409 g/mol. The SMILES string of the molecule is CCN(CC)S(=O)(=O)c1ccc2c(c1)N(CC(=O)NC)C(=O)[C@@H]1CCCCN21. The largest absolute Gasteiger partial charge is 0.358 e. The Labute approximate surface area is 166 Å². The van der Waals surface area contributed by atoms with Crippen molar-refractivity contribution in [3.8, 4) is 0 Å². The molecular weight excluding hydrogens is 380 g/mol. The Morgan fingerprint density at radius 2 is 1.93 bits per heavy atom. The van der Waals surface area contributed by atoms with Gasteiger partial charge in [0.15, 0.2) is 0 Å². The zero-order valence-corrected chi connectivity index (χ0v) is 17.5. The van der Waals surface area contributed by atoms with Crippen LogP contribution in [-0.4, -0.2) is 63.8 Å². The Kier molecular flexibility index (Phi) is 5.95. The highest BCUT2D eigenvalue weighted by molar-refractivity contribution is 7.89. The molecule has 2 amide bonds. The van der Waals surface area contributed by atoms with Gasteiger partial charge in [-0.3, -0.25) is 14.5 Å². The fourth-order valence-corrected chi connectivity index (χ4v) is 5.47. The number of sulfonamides is 1. The molecule has 3 rings (SSSR count). The van der Waals surface area contributed by atoms with E-state index in [4.69, 9.17) is 0 Å². The molecule has 0 radical (unpaired) electrons. The van der Waals surface area contributed by atoms with Crippen molar-refractivity contribution in [1.82, 2.24) is 9.62 Å². The molecule has 1 atom stereocenters. The first kappa shape index (κ1) is 20.6. The van der Waals surface area contributed by atoms with E-state index >= 15 is 0 Å². The third-order valence-electron chi connectivity index (χ3n) is 5.52. The summed E-state index contributed by atoms with van der Waals surface area (Å²) in [4.78, 5) is 28.8. The summed E-state index contributed by atoms with van der Waals surface area (Å²) in [6.07, 6.45) is 2.69. The summed E-state index contributed by atoms with van der Waals surface area (Å²) in [5.74, 6) is -0.436. The summed E-state index contributed by atoms with van der Waals surface area (Å²) in [6.45, 7) is 4.94. The number of likely N-dealkylation sites (N-methyl/N-ethyl adjacent to an activating group) is 1. The number of nitrogens with one attached hydrogen (secondary N) is 1. The zero-order chi connectivity index (χ0) is 20.5. The number of anilines is 2. The van der Waals surface area contributed by atoms with Gasteiger partial charge in [0, 0.05) is 26.7 Å². The van der Waals surface area contributed by atoms with Gasteiger partial charge < -0.3 is 10.2 Å². The van der Waals surface area contributed by atoms with E-state index in [1.54, 1.807) is 26.0 Å². The van der Waals surface area contributed by atoms with Crippen LogP contribution in [-0.2, 0) is 19.6 Å². The first-order chi connectivity index (χ1) is 13.3. The van der Waals surface area contributed by atoms with Crippen LogP contribution >= 0.6 is 0 Å².